The number of carbonyl (C=O) groups is 1. The van der Waals surface area contributed by atoms with Gasteiger partial charge in [-0.1, -0.05) is 29.3 Å². The summed E-state index contributed by atoms with van der Waals surface area (Å²) in [5, 5.41) is 3.09. The molecule has 0 saturated carbocycles. The Balaban J connectivity index is 1.70. The molecule has 0 bridgehead atoms. The van der Waals surface area contributed by atoms with E-state index in [1.165, 1.54) is 22.5 Å². The van der Waals surface area contributed by atoms with E-state index in [2.05, 4.69) is 5.32 Å². The molecule has 0 unspecified atom stereocenters. The topological polar surface area (TPSA) is 84.9 Å². The third kappa shape index (κ3) is 5.40. The molecule has 1 aliphatic rings. The van der Waals surface area contributed by atoms with Crippen molar-refractivity contribution >= 4 is 44.8 Å². The third-order valence-corrected chi connectivity index (χ3v) is 6.94. The van der Waals surface area contributed by atoms with Crippen LogP contribution in [-0.4, -0.2) is 51.5 Å². The second-order valence-electron chi connectivity index (χ2n) is 6.43. The maximum absolute atomic E-state index is 12.9. The highest BCUT2D eigenvalue weighted by Crippen LogP contribution is 2.29. The number of ether oxygens (including phenoxy) is 2. The van der Waals surface area contributed by atoms with Gasteiger partial charge in [0.25, 0.3) is 5.91 Å². The summed E-state index contributed by atoms with van der Waals surface area (Å²) in [5.74, 6) is -0.0619. The lowest BCUT2D eigenvalue weighted by Gasteiger charge is -2.26. The summed E-state index contributed by atoms with van der Waals surface area (Å²) in [4.78, 5) is 12.2. The summed E-state index contributed by atoms with van der Waals surface area (Å²) in [6.45, 7) is 2.75. The average Bonchev–Trinajstić information content (AvgIpc) is 2.70. The standard InChI is InChI=1S/C19H20Cl2N2O5S/c1-13-2-4-15(20)17(10-13)28-12-19(24)22-14-3-5-16(21)18(11-14)29(25,26)23-6-8-27-9-7-23/h2-5,10-11H,6-9,12H2,1H3,(H,22,24). The molecule has 1 amide bonds. The van der Waals surface area contributed by atoms with Crippen LogP contribution in [0.25, 0.3) is 0 Å². The number of benzene rings is 2. The van der Waals surface area contributed by atoms with E-state index in [-0.39, 0.29) is 29.6 Å². The number of nitrogens with zero attached hydrogens (tertiary/aromatic N) is 1. The highest BCUT2D eigenvalue weighted by atomic mass is 35.5. The lowest BCUT2D eigenvalue weighted by Crippen LogP contribution is -2.40. The van der Waals surface area contributed by atoms with Gasteiger partial charge in [-0.2, -0.15) is 4.31 Å². The molecule has 29 heavy (non-hydrogen) atoms. The molecule has 0 radical (unpaired) electrons. The number of anilines is 1. The first kappa shape index (κ1) is 21.9. The Morgan fingerprint density at radius 2 is 1.83 bits per heavy atom. The van der Waals surface area contributed by atoms with Crippen LogP contribution in [-0.2, 0) is 19.6 Å². The number of amides is 1. The second kappa shape index (κ2) is 9.32. The molecule has 3 rings (SSSR count). The van der Waals surface area contributed by atoms with Crippen molar-refractivity contribution in [3.8, 4) is 5.75 Å². The predicted octanol–water partition coefficient (Wildman–Crippen LogP) is 3.34. The number of hydrogen-bond acceptors (Lipinski definition) is 5. The van der Waals surface area contributed by atoms with Crippen molar-refractivity contribution in [1.82, 2.24) is 4.31 Å². The first-order valence-electron chi connectivity index (χ1n) is 8.83. The summed E-state index contributed by atoms with van der Waals surface area (Å²) in [6, 6.07) is 9.54. The largest absolute Gasteiger partial charge is 0.482 e. The fourth-order valence-electron chi connectivity index (χ4n) is 2.77. The highest BCUT2D eigenvalue weighted by molar-refractivity contribution is 7.89. The van der Waals surface area contributed by atoms with Gasteiger partial charge in [0.1, 0.15) is 10.6 Å². The zero-order valence-corrected chi connectivity index (χ0v) is 18.0. The number of rotatable bonds is 6. The summed E-state index contributed by atoms with van der Waals surface area (Å²) in [5.41, 5.74) is 1.24. The van der Waals surface area contributed by atoms with E-state index in [0.29, 0.717) is 29.7 Å². The Morgan fingerprint density at radius 3 is 2.55 bits per heavy atom. The SMILES string of the molecule is Cc1ccc(Cl)c(OCC(=O)Nc2ccc(Cl)c(S(=O)(=O)N3CCOCC3)c2)c1. The maximum Gasteiger partial charge on any atom is 0.262 e. The quantitative estimate of drug-likeness (QED) is 0.717. The van der Waals surface area contributed by atoms with E-state index in [1.54, 1.807) is 12.1 Å². The van der Waals surface area contributed by atoms with Crippen LogP contribution in [0.15, 0.2) is 41.3 Å². The number of nitrogens with one attached hydrogen (secondary N) is 1. The molecule has 156 valence electrons. The van der Waals surface area contributed by atoms with Crippen molar-refractivity contribution in [3.63, 3.8) is 0 Å². The monoisotopic (exact) mass is 458 g/mol. The average molecular weight is 459 g/mol. The van der Waals surface area contributed by atoms with Crippen molar-refractivity contribution in [2.75, 3.05) is 38.2 Å². The summed E-state index contributed by atoms with van der Waals surface area (Å²) in [7, 11) is -3.80. The Bertz CT molecular complexity index is 1010. The zero-order valence-electron chi connectivity index (χ0n) is 15.7. The fraction of sp³-hybridized carbons (Fsp3) is 0.316. The summed E-state index contributed by atoms with van der Waals surface area (Å²) in [6.07, 6.45) is 0. The minimum absolute atomic E-state index is 0.0680. The van der Waals surface area contributed by atoms with Crippen LogP contribution in [0.4, 0.5) is 5.69 Å². The van der Waals surface area contributed by atoms with E-state index in [1.807, 2.05) is 13.0 Å². The molecule has 7 nitrogen and oxygen atoms in total. The fourth-order valence-corrected chi connectivity index (χ4v) is 4.85. The Morgan fingerprint density at radius 1 is 1.14 bits per heavy atom. The van der Waals surface area contributed by atoms with Gasteiger partial charge in [0, 0.05) is 18.8 Å². The van der Waals surface area contributed by atoms with Gasteiger partial charge in [-0.15, -0.1) is 0 Å². The molecule has 2 aromatic carbocycles. The smallest absolute Gasteiger partial charge is 0.262 e. The van der Waals surface area contributed by atoms with E-state index in [4.69, 9.17) is 32.7 Å². The third-order valence-electron chi connectivity index (χ3n) is 4.25. The first-order chi connectivity index (χ1) is 13.8. The molecule has 0 spiro atoms. The van der Waals surface area contributed by atoms with E-state index in [0.717, 1.165) is 5.56 Å². The van der Waals surface area contributed by atoms with Crippen molar-refractivity contribution in [2.45, 2.75) is 11.8 Å². The van der Waals surface area contributed by atoms with Crippen molar-refractivity contribution in [1.29, 1.82) is 0 Å². The molecule has 1 N–H and O–H groups in total. The number of carbonyl (C=O) groups excluding carboxylic acids is 1. The number of sulfonamides is 1. The van der Waals surface area contributed by atoms with E-state index < -0.39 is 15.9 Å². The Hall–Kier alpha value is -1.84. The molecule has 1 fully saturated rings. The van der Waals surface area contributed by atoms with Crippen LogP contribution < -0.4 is 10.1 Å². The van der Waals surface area contributed by atoms with Gasteiger partial charge in [0.2, 0.25) is 10.0 Å². The molecule has 1 heterocycles. The van der Waals surface area contributed by atoms with Gasteiger partial charge in [-0.25, -0.2) is 8.42 Å². The van der Waals surface area contributed by atoms with Gasteiger partial charge in [-0.3, -0.25) is 4.79 Å². The Kier molecular flexibility index (Phi) is 7.02. The van der Waals surface area contributed by atoms with Gasteiger partial charge >= 0.3 is 0 Å². The van der Waals surface area contributed by atoms with Gasteiger partial charge in [0.15, 0.2) is 6.61 Å². The van der Waals surface area contributed by atoms with E-state index >= 15 is 0 Å². The van der Waals surface area contributed by atoms with Crippen LogP contribution in [0, 0.1) is 6.92 Å². The van der Waals surface area contributed by atoms with Crippen LogP contribution in [0.1, 0.15) is 5.56 Å². The van der Waals surface area contributed by atoms with Crippen molar-refractivity contribution in [3.05, 3.63) is 52.0 Å². The second-order valence-corrected chi connectivity index (χ2v) is 9.15. The molecular weight excluding hydrogens is 439 g/mol. The van der Waals surface area contributed by atoms with Crippen LogP contribution in [0.5, 0.6) is 5.75 Å². The molecule has 2 aromatic rings. The normalized spacial score (nSPS) is 15.1. The zero-order chi connectivity index (χ0) is 21.0. The number of halogens is 2. The summed E-state index contributed by atoms with van der Waals surface area (Å²) < 4.78 is 37.7. The van der Waals surface area contributed by atoms with Crippen LogP contribution >= 0.6 is 23.2 Å². The highest BCUT2D eigenvalue weighted by Gasteiger charge is 2.28. The molecule has 10 heteroatoms. The maximum atomic E-state index is 12.9. The molecule has 1 aliphatic heterocycles. The molecule has 0 atom stereocenters. The number of hydrogen-bond donors (Lipinski definition) is 1. The first-order valence-corrected chi connectivity index (χ1v) is 11.0. The lowest BCUT2D eigenvalue weighted by molar-refractivity contribution is -0.118. The number of morpholine rings is 1. The molecule has 0 aliphatic carbocycles. The molecule has 1 saturated heterocycles. The van der Waals surface area contributed by atoms with Crippen molar-refractivity contribution in [2.24, 2.45) is 0 Å². The molecular formula is C19H20Cl2N2O5S. The Labute approximate surface area is 179 Å². The van der Waals surface area contributed by atoms with Crippen LogP contribution in [0.2, 0.25) is 10.0 Å². The van der Waals surface area contributed by atoms with Crippen molar-refractivity contribution < 1.29 is 22.7 Å². The van der Waals surface area contributed by atoms with Gasteiger partial charge in [-0.05, 0) is 42.8 Å². The van der Waals surface area contributed by atoms with Gasteiger partial charge < -0.3 is 14.8 Å². The van der Waals surface area contributed by atoms with Crippen LogP contribution in [0.3, 0.4) is 0 Å². The summed E-state index contributed by atoms with van der Waals surface area (Å²) >= 11 is 12.2. The molecule has 0 aromatic heterocycles. The van der Waals surface area contributed by atoms with E-state index in [9.17, 15) is 13.2 Å². The van der Waals surface area contributed by atoms with Gasteiger partial charge in [0.05, 0.1) is 23.3 Å². The lowest BCUT2D eigenvalue weighted by atomic mass is 10.2. The minimum Gasteiger partial charge on any atom is -0.482 e. The minimum atomic E-state index is -3.80. The number of aryl methyl sites for hydroxylation is 1. The predicted molar refractivity (Wildman–Crippen MR) is 111 cm³/mol.